The van der Waals surface area contributed by atoms with E-state index in [1.807, 2.05) is 36.5 Å². The minimum atomic E-state index is -0.102. The normalized spacial score (nSPS) is 12.4. The summed E-state index contributed by atoms with van der Waals surface area (Å²) >= 11 is 0. The molecule has 0 fully saturated rings. The molecular weight excluding hydrogens is 1220 g/mol. The number of aromatic nitrogens is 4. The van der Waals surface area contributed by atoms with E-state index in [-0.39, 0.29) is 37.3 Å². The molecule has 10 aromatic carbocycles. The van der Waals surface area contributed by atoms with E-state index in [9.17, 15) is 0 Å². The van der Waals surface area contributed by atoms with E-state index >= 15 is 0 Å². The molecule has 0 saturated carbocycles. The third kappa shape index (κ3) is 9.12. The standard InChI is InChI=1S/C78H62N4O2.Pt/c1-76(2,3)51-36-37-79-73(44-51)82-68-30-16-14-26-62(68)63-34-33-56(46-69(63)82)83-55-21-18-20-54(45-55)80-47-81-74-57(50-38-52(77(4,5)6)43-53(39-50)78(7,8)9)28-19-29-65(74)60-24-12-10-22-58(60)59-23-11-13-25-61(59)67-41-49(42-70(80)75(67)81)48-32-35-72-66(40-48)64-27-15-17-31-71(64)84-72;/h10-44H,1-9H3;/q-2;. The minimum absolute atomic E-state index is 0. The third-order valence-electron chi connectivity index (χ3n) is 17.0. The summed E-state index contributed by atoms with van der Waals surface area (Å²) in [6, 6.07) is 81.9. The quantitative estimate of drug-likeness (QED) is 0.123. The molecule has 0 radical (unpaired) electrons. The summed E-state index contributed by atoms with van der Waals surface area (Å²) in [5.74, 6) is 1.95. The Balaban J connectivity index is 0.00000640. The van der Waals surface area contributed by atoms with Crippen LogP contribution in [0, 0.1) is 18.5 Å². The van der Waals surface area contributed by atoms with Gasteiger partial charge >= 0.3 is 0 Å². The van der Waals surface area contributed by atoms with Gasteiger partial charge in [0.2, 0.25) is 0 Å². The molecule has 7 heteroatoms. The second-order valence-electron chi connectivity index (χ2n) is 25.7. The number of imidazole rings is 1. The molecule has 418 valence electrons. The van der Waals surface area contributed by atoms with E-state index in [4.69, 9.17) is 14.1 Å². The van der Waals surface area contributed by atoms with Gasteiger partial charge in [0, 0.05) is 55.1 Å². The number of benzene rings is 10. The van der Waals surface area contributed by atoms with Crippen LogP contribution < -0.4 is 9.30 Å². The molecule has 1 aliphatic heterocycles. The number of hydrogen-bond donors (Lipinski definition) is 0. The summed E-state index contributed by atoms with van der Waals surface area (Å²) in [6.45, 7) is 20.6. The summed E-state index contributed by atoms with van der Waals surface area (Å²) in [7, 11) is 0. The first-order valence-electron chi connectivity index (χ1n) is 29.1. The van der Waals surface area contributed by atoms with Crippen LogP contribution in [-0.2, 0) is 37.3 Å². The summed E-state index contributed by atoms with van der Waals surface area (Å²) in [5, 5.41) is 4.35. The summed E-state index contributed by atoms with van der Waals surface area (Å²) in [5.41, 5.74) is 22.1. The fraction of sp³-hybridized carbons (Fsp3) is 0.154. The first-order chi connectivity index (χ1) is 40.5. The van der Waals surface area contributed by atoms with E-state index < -0.39 is 0 Å². The zero-order valence-electron chi connectivity index (χ0n) is 49.1. The van der Waals surface area contributed by atoms with Gasteiger partial charge in [-0.3, -0.25) is 4.57 Å². The van der Waals surface area contributed by atoms with Gasteiger partial charge in [-0.2, -0.15) is 18.2 Å². The molecule has 0 N–H and O–H groups in total. The van der Waals surface area contributed by atoms with Crippen molar-refractivity contribution in [2.45, 2.75) is 78.6 Å². The van der Waals surface area contributed by atoms with Gasteiger partial charge in [-0.05, 0) is 142 Å². The van der Waals surface area contributed by atoms with Crippen molar-refractivity contribution in [1.29, 1.82) is 0 Å². The van der Waals surface area contributed by atoms with E-state index in [0.29, 0.717) is 11.5 Å². The zero-order valence-corrected chi connectivity index (χ0v) is 51.4. The number of rotatable bonds is 6. The van der Waals surface area contributed by atoms with Gasteiger partial charge in [-0.25, -0.2) is 4.98 Å². The molecule has 0 spiro atoms. The number of pyridine rings is 1. The Morgan fingerprint density at radius 3 is 1.78 bits per heavy atom. The SMILES string of the molecule is CC(C)(C)c1cc(-c2cccc3c2-[n+]2[c-]n(-c4[c-]c(Oc5[c-]c6c(cc5)c5ccccc5n6-c5cc(C(C)(C)C)ccn5)ccc4)c4cc(-c5ccc6oc7ccccc7c6c5)cc(c42)-c2ccccc2-c2ccccc2-3)cc(C(C)(C)C)c1.[Pt]. The molecule has 0 aliphatic carbocycles. The predicted molar refractivity (Wildman–Crippen MR) is 344 cm³/mol. The molecule has 6 nitrogen and oxygen atoms in total. The Kier molecular flexibility index (Phi) is 12.7. The smallest absolute Gasteiger partial charge is 0.268 e. The van der Waals surface area contributed by atoms with Crippen LogP contribution in [-0.4, -0.2) is 14.1 Å². The summed E-state index contributed by atoms with van der Waals surface area (Å²) in [4.78, 5) is 4.93. The second kappa shape index (κ2) is 20.0. The summed E-state index contributed by atoms with van der Waals surface area (Å²) in [6.07, 6.45) is 5.98. The van der Waals surface area contributed by atoms with Crippen molar-refractivity contribution >= 4 is 54.8 Å². The largest absolute Gasteiger partial charge is 0.510 e. The number of hydrogen-bond acceptors (Lipinski definition) is 3. The Morgan fingerprint density at radius 1 is 0.435 bits per heavy atom. The van der Waals surface area contributed by atoms with Gasteiger partial charge in [0.1, 0.15) is 17.0 Å². The maximum Gasteiger partial charge on any atom is 0.268 e. The monoisotopic (exact) mass is 1280 g/mol. The number of para-hydroxylation sites is 3. The Morgan fingerprint density at radius 2 is 1.05 bits per heavy atom. The van der Waals surface area contributed by atoms with Crippen LogP contribution in [0.5, 0.6) is 11.5 Å². The molecular formula is C78H62N4O2Pt-2. The molecule has 0 atom stereocenters. The van der Waals surface area contributed by atoms with Gasteiger partial charge in [0.05, 0.1) is 16.7 Å². The molecule has 85 heavy (non-hydrogen) atoms. The first kappa shape index (κ1) is 53.9. The fourth-order valence-corrected chi connectivity index (χ4v) is 12.6. The number of nitrogens with zero attached hydrogens (tertiary/aromatic N) is 4. The van der Waals surface area contributed by atoms with Crippen LogP contribution >= 0.6 is 0 Å². The van der Waals surface area contributed by atoms with E-state index in [2.05, 4.69) is 270 Å². The van der Waals surface area contributed by atoms with Crippen LogP contribution in [0.1, 0.15) is 79.0 Å². The van der Waals surface area contributed by atoms with Crippen molar-refractivity contribution in [2.24, 2.45) is 0 Å². The molecule has 0 amide bonds. The second-order valence-corrected chi connectivity index (χ2v) is 25.7. The van der Waals surface area contributed by atoms with Gasteiger partial charge in [-0.1, -0.05) is 201 Å². The molecule has 15 rings (SSSR count). The first-order valence-corrected chi connectivity index (χ1v) is 29.1. The van der Waals surface area contributed by atoms with Crippen molar-refractivity contribution in [3.8, 4) is 84.3 Å². The Hall–Kier alpha value is -9.09. The van der Waals surface area contributed by atoms with Crippen LogP contribution in [0.15, 0.2) is 217 Å². The van der Waals surface area contributed by atoms with Crippen LogP contribution in [0.3, 0.4) is 0 Å². The van der Waals surface area contributed by atoms with Crippen molar-refractivity contribution in [3.05, 3.63) is 248 Å². The predicted octanol–water partition coefficient (Wildman–Crippen LogP) is 20.0. The van der Waals surface area contributed by atoms with Crippen molar-refractivity contribution < 1.29 is 34.8 Å². The van der Waals surface area contributed by atoms with E-state index in [1.54, 1.807) is 0 Å². The van der Waals surface area contributed by atoms with E-state index in [0.717, 1.165) is 128 Å². The Bertz CT molecular complexity index is 4980. The van der Waals surface area contributed by atoms with Crippen molar-refractivity contribution in [3.63, 3.8) is 0 Å². The third-order valence-corrected chi connectivity index (χ3v) is 17.0. The fourth-order valence-electron chi connectivity index (χ4n) is 12.6. The molecule has 0 bridgehead atoms. The summed E-state index contributed by atoms with van der Waals surface area (Å²) < 4.78 is 20.1. The van der Waals surface area contributed by atoms with Crippen LogP contribution in [0.2, 0.25) is 0 Å². The Labute approximate surface area is 510 Å². The van der Waals surface area contributed by atoms with Gasteiger partial charge in [-0.15, -0.1) is 29.7 Å². The van der Waals surface area contributed by atoms with Gasteiger partial charge < -0.3 is 18.3 Å². The molecule has 14 aromatic rings. The van der Waals surface area contributed by atoms with Crippen molar-refractivity contribution in [2.75, 3.05) is 0 Å². The molecule has 4 aromatic heterocycles. The zero-order chi connectivity index (χ0) is 57.4. The molecule has 0 saturated heterocycles. The van der Waals surface area contributed by atoms with Crippen LogP contribution in [0.4, 0.5) is 0 Å². The van der Waals surface area contributed by atoms with Gasteiger partial charge in [0.15, 0.2) is 0 Å². The number of fused-ring (bicyclic) bond motifs is 13. The number of ether oxygens (including phenoxy) is 1. The average molecular weight is 1280 g/mol. The van der Waals surface area contributed by atoms with Gasteiger partial charge in [0.25, 0.3) is 6.33 Å². The topological polar surface area (TPSA) is 49.0 Å². The number of furan rings is 1. The minimum Gasteiger partial charge on any atom is -0.510 e. The molecule has 5 heterocycles. The van der Waals surface area contributed by atoms with Crippen LogP contribution in [0.25, 0.3) is 128 Å². The maximum absolute atomic E-state index is 6.92. The molecule has 1 aliphatic rings. The van der Waals surface area contributed by atoms with Crippen molar-refractivity contribution in [1.82, 2.24) is 14.1 Å². The molecule has 0 unspecified atom stereocenters. The van der Waals surface area contributed by atoms with E-state index in [1.165, 1.54) is 16.7 Å². The average Bonchev–Trinajstić information content (AvgIpc) is 2.15. The maximum atomic E-state index is 6.92.